The van der Waals surface area contributed by atoms with E-state index in [1.807, 2.05) is 0 Å². The van der Waals surface area contributed by atoms with Crippen LogP contribution in [0, 0.1) is 0 Å². The van der Waals surface area contributed by atoms with Gasteiger partial charge in [-0.3, -0.25) is 9.89 Å². The molecule has 4 N–H and O–H groups in total. The van der Waals surface area contributed by atoms with Crippen molar-refractivity contribution in [2.75, 3.05) is 12.8 Å². The van der Waals surface area contributed by atoms with Crippen LogP contribution in [0.1, 0.15) is 15.9 Å². The second-order valence-electron chi connectivity index (χ2n) is 3.84. The van der Waals surface area contributed by atoms with Gasteiger partial charge in [-0.15, -0.1) is 0 Å². The first-order valence-electron chi connectivity index (χ1n) is 5.51. The molecule has 0 fully saturated rings. The first kappa shape index (κ1) is 13.2. The number of amides is 1. The second kappa shape index (κ2) is 5.62. The summed E-state index contributed by atoms with van der Waals surface area (Å²) in [5.74, 6) is 0.586. The van der Waals surface area contributed by atoms with Crippen molar-refractivity contribution in [3.63, 3.8) is 0 Å². The summed E-state index contributed by atoms with van der Waals surface area (Å²) in [4.78, 5) is 12.0. The molecule has 0 saturated carbocycles. The molecule has 0 atom stereocenters. The number of nitrogens with one attached hydrogen (secondary N) is 2. The van der Waals surface area contributed by atoms with Crippen molar-refractivity contribution in [2.24, 2.45) is 0 Å². The number of benzene rings is 1. The number of carbonyl (C=O) groups is 1. The number of H-pyrrole nitrogens is 1. The lowest BCUT2D eigenvalue weighted by atomic mass is 10.2. The van der Waals surface area contributed by atoms with Crippen molar-refractivity contribution in [3.05, 3.63) is 40.5 Å². The summed E-state index contributed by atoms with van der Waals surface area (Å²) in [5, 5.41) is 9.61. The van der Waals surface area contributed by atoms with Crippen LogP contribution in [0.5, 0.6) is 5.75 Å². The van der Waals surface area contributed by atoms with E-state index in [1.54, 1.807) is 24.4 Å². The molecule has 19 heavy (non-hydrogen) atoms. The Kier molecular flexibility index (Phi) is 3.91. The van der Waals surface area contributed by atoms with Crippen molar-refractivity contribution in [1.82, 2.24) is 15.5 Å². The molecule has 1 heterocycles. The molecule has 100 valence electrons. The van der Waals surface area contributed by atoms with Crippen LogP contribution >= 0.6 is 11.6 Å². The Labute approximate surface area is 114 Å². The van der Waals surface area contributed by atoms with Gasteiger partial charge in [-0.2, -0.15) is 5.10 Å². The van der Waals surface area contributed by atoms with Crippen LogP contribution in [0.25, 0.3) is 0 Å². The second-order valence-corrected chi connectivity index (χ2v) is 4.27. The van der Waals surface area contributed by atoms with Gasteiger partial charge < -0.3 is 15.8 Å². The summed E-state index contributed by atoms with van der Waals surface area (Å²) in [6.07, 6.45) is 1.56. The summed E-state index contributed by atoms with van der Waals surface area (Å²) in [6, 6.07) is 4.82. The highest BCUT2D eigenvalue weighted by molar-refractivity contribution is 6.30. The average molecular weight is 281 g/mol. The number of aromatic amines is 1. The molecule has 7 heteroatoms. The van der Waals surface area contributed by atoms with Gasteiger partial charge in [0.25, 0.3) is 5.91 Å². The van der Waals surface area contributed by atoms with Crippen molar-refractivity contribution in [2.45, 2.75) is 6.54 Å². The Bertz CT molecular complexity index is 597. The smallest absolute Gasteiger partial charge is 0.255 e. The lowest BCUT2D eigenvalue weighted by Gasteiger charge is -2.09. The van der Waals surface area contributed by atoms with Gasteiger partial charge in [0.05, 0.1) is 18.9 Å². The molecule has 1 amide bonds. The molecule has 0 bridgehead atoms. The normalized spacial score (nSPS) is 10.2. The number of nitrogens with zero attached hydrogens (tertiary/aromatic N) is 1. The molecule has 0 aliphatic heterocycles. The van der Waals surface area contributed by atoms with E-state index in [1.165, 1.54) is 7.11 Å². The lowest BCUT2D eigenvalue weighted by molar-refractivity contribution is 0.0948. The standard InChI is InChI=1S/C12H13ClN4O2/c1-19-10-4-8(13)2-3-9(10)12(18)15-5-7-6-16-17-11(7)14/h2-4,6H,5H2,1H3,(H,15,18)(H3,14,16,17). The molecule has 0 saturated heterocycles. The van der Waals surface area contributed by atoms with Crippen molar-refractivity contribution >= 4 is 23.3 Å². The van der Waals surface area contributed by atoms with Crippen molar-refractivity contribution in [1.29, 1.82) is 0 Å². The Balaban J connectivity index is 2.10. The van der Waals surface area contributed by atoms with Crippen LogP contribution in [-0.2, 0) is 6.54 Å². The third kappa shape index (κ3) is 2.97. The van der Waals surface area contributed by atoms with E-state index in [0.717, 1.165) is 5.56 Å². The fourth-order valence-electron chi connectivity index (χ4n) is 1.59. The number of ether oxygens (including phenoxy) is 1. The number of halogens is 1. The molecule has 0 spiro atoms. The number of nitrogens with two attached hydrogens (primary N) is 1. The van der Waals surface area contributed by atoms with E-state index in [0.29, 0.717) is 22.2 Å². The van der Waals surface area contributed by atoms with Gasteiger partial charge in [0.15, 0.2) is 0 Å². The predicted octanol–water partition coefficient (Wildman–Crippen LogP) is 1.58. The third-order valence-corrected chi connectivity index (χ3v) is 2.83. The van der Waals surface area contributed by atoms with E-state index in [-0.39, 0.29) is 12.5 Å². The molecule has 1 aromatic carbocycles. The topological polar surface area (TPSA) is 93.0 Å². The molecule has 2 aromatic rings. The Morgan fingerprint density at radius 3 is 3.00 bits per heavy atom. The molecule has 0 unspecified atom stereocenters. The zero-order valence-corrected chi connectivity index (χ0v) is 11.0. The van der Waals surface area contributed by atoms with Crippen LogP contribution < -0.4 is 15.8 Å². The average Bonchev–Trinajstić information content (AvgIpc) is 2.81. The first-order chi connectivity index (χ1) is 9.11. The van der Waals surface area contributed by atoms with Gasteiger partial charge in [-0.1, -0.05) is 11.6 Å². The zero-order valence-electron chi connectivity index (χ0n) is 10.2. The minimum Gasteiger partial charge on any atom is -0.496 e. The van der Waals surface area contributed by atoms with Gasteiger partial charge in [0.2, 0.25) is 0 Å². The largest absolute Gasteiger partial charge is 0.496 e. The van der Waals surface area contributed by atoms with Crippen LogP contribution in [0.4, 0.5) is 5.82 Å². The van der Waals surface area contributed by atoms with Gasteiger partial charge in [0.1, 0.15) is 11.6 Å². The van der Waals surface area contributed by atoms with Crippen molar-refractivity contribution < 1.29 is 9.53 Å². The first-order valence-corrected chi connectivity index (χ1v) is 5.89. The highest BCUT2D eigenvalue weighted by Gasteiger charge is 2.13. The SMILES string of the molecule is COc1cc(Cl)ccc1C(=O)NCc1cn[nH]c1N. The van der Waals surface area contributed by atoms with Crippen LogP contribution in [0.15, 0.2) is 24.4 Å². The molecule has 0 aliphatic carbocycles. The number of rotatable bonds is 4. The summed E-state index contributed by atoms with van der Waals surface area (Å²) in [6.45, 7) is 0.285. The van der Waals surface area contributed by atoms with Crippen LogP contribution in [0.2, 0.25) is 5.02 Å². The summed E-state index contributed by atoms with van der Waals surface area (Å²) >= 11 is 5.84. The van der Waals surface area contributed by atoms with Gasteiger partial charge in [-0.05, 0) is 18.2 Å². The zero-order chi connectivity index (χ0) is 13.8. The van der Waals surface area contributed by atoms with E-state index >= 15 is 0 Å². The van der Waals surface area contributed by atoms with E-state index in [2.05, 4.69) is 15.5 Å². The van der Waals surface area contributed by atoms with Crippen molar-refractivity contribution in [3.8, 4) is 5.75 Å². The summed E-state index contributed by atoms with van der Waals surface area (Å²) < 4.78 is 5.12. The molecule has 0 aliphatic rings. The van der Waals surface area contributed by atoms with Gasteiger partial charge >= 0.3 is 0 Å². The minimum absolute atomic E-state index is 0.269. The lowest BCUT2D eigenvalue weighted by Crippen LogP contribution is -2.23. The number of hydrogen-bond donors (Lipinski definition) is 3. The maximum Gasteiger partial charge on any atom is 0.255 e. The molecule has 1 aromatic heterocycles. The molecular weight excluding hydrogens is 268 g/mol. The monoisotopic (exact) mass is 280 g/mol. The number of methoxy groups -OCH3 is 1. The van der Waals surface area contributed by atoms with Crippen LogP contribution in [-0.4, -0.2) is 23.2 Å². The molecule has 2 rings (SSSR count). The van der Waals surface area contributed by atoms with Gasteiger partial charge in [0, 0.05) is 17.1 Å². The Morgan fingerprint density at radius 1 is 1.58 bits per heavy atom. The summed E-state index contributed by atoms with van der Waals surface area (Å²) in [7, 11) is 1.48. The molecular formula is C12H13ClN4O2. The highest BCUT2D eigenvalue weighted by Crippen LogP contribution is 2.23. The van der Waals surface area contributed by atoms with Crippen LogP contribution in [0.3, 0.4) is 0 Å². The molecule has 0 radical (unpaired) electrons. The number of aromatic nitrogens is 2. The quantitative estimate of drug-likeness (QED) is 0.793. The highest BCUT2D eigenvalue weighted by atomic mass is 35.5. The maximum absolute atomic E-state index is 12.0. The van der Waals surface area contributed by atoms with E-state index < -0.39 is 0 Å². The Hall–Kier alpha value is -2.21. The third-order valence-electron chi connectivity index (χ3n) is 2.60. The number of anilines is 1. The van der Waals surface area contributed by atoms with Gasteiger partial charge in [-0.25, -0.2) is 0 Å². The summed E-state index contributed by atoms with van der Waals surface area (Å²) in [5.41, 5.74) is 6.76. The predicted molar refractivity (Wildman–Crippen MR) is 72.2 cm³/mol. The maximum atomic E-state index is 12.0. The fraction of sp³-hybridized carbons (Fsp3) is 0.167. The van der Waals surface area contributed by atoms with E-state index in [9.17, 15) is 4.79 Å². The molecule has 6 nitrogen and oxygen atoms in total. The Morgan fingerprint density at radius 2 is 2.37 bits per heavy atom. The number of hydrogen-bond acceptors (Lipinski definition) is 4. The minimum atomic E-state index is -0.269. The fourth-order valence-corrected chi connectivity index (χ4v) is 1.75. The number of nitrogen functional groups attached to an aromatic ring is 1. The van der Waals surface area contributed by atoms with E-state index in [4.69, 9.17) is 22.1 Å². The number of carbonyl (C=O) groups excluding carboxylic acids is 1.